The van der Waals surface area contributed by atoms with Crippen LogP contribution in [0.15, 0.2) is 92.4 Å². The first-order valence-corrected chi connectivity index (χ1v) is 16.7. The Morgan fingerprint density at radius 3 is 1.16 bits per heavy atom. The van der Waals surface area contributed by atoms with E-state index >= 15 is 0 Å². The molecule has 0 saturated carbocycles. The number of benzene rings is 2. The second-order valence-corrected chi connectivity index (χ2v) is 12.5. The Hall–Kier alpha value is -2.25. The van der Waals surface area contributed by atoms with Crippen LogP contribution in [0, 0.1) is 0 Å². The highest BCUT2D eigenvalue weighted by Crippen LogP contribution is 2.31. The van der Waals surface area contributed by atoms with Crippen molar-refractivity contribution in [1.82, 2.24) is 0 Å². The molecule has 2 aromatic carbocycles. The molecule has 0 N–H and O–H groups in total. The summed E-state index contributed by atoms with van der Waals surface area (Å²) in [6.45, 7) is 14.6. The Kier molecular flexibility index (Phi) is 19.9. The third-order valence-corrected chi connectivity index (χ3v) is 8.21. The van der Waals surface area contributed by atoms with E-state index in [-0.39, 0.29) is 13.2 Å². The van der Waals surface area contributed by atoms with Crippen LogP contribution in [0.25, 0.3) is 0 Å². The Balaban J connectivity index is 1.48. The number of ether oxygens (including phenoxy) is 6. The highest BCUT2D eigenvalue weighted by Gasteiger charge is 2.04. The summed E-state index contributed by atoms with van der Waals surface area (Å²) in [5, 5.41) is 0. The van der Waals surface area contributed by atoms with Crippen molar-refractivity contribution in [2.24, 2.45) is 0 Å². The summed E-state index contributed by atoms with van der Waals surface area (Å²) in [6, 6.07) is 17.1. The molecule has 0 atom stereocenters. The molecule has 0 bridgehead atoms. The average Bonchev–Trinajstić information content (AvgIpc) is 3.00. The number of carbonyl (C=O) groups excluding carboxylic acids is 2. The van der Waals surface area contributed by atoms with Gasteiger partial charge in [-0.3, -0.25) is 0 Å². The second-order valence-electron chi connectivity index (χ2n) is 9.02. The molecule has 236 valence electrons. The van der Waals surface area contributed by atoms with Crippen molar-refractivity contribution in [2.75, 3.05) is 77.6 Å². The summed E-state index contributed by atoms with van der Waals surface area (Å²) < 4.78 is 31.9. The fourth-order valence-electron chi connectivity index (χ4n) is 3.06. The Morgan fingerprint density at radius 2 is 0.814 bits per heavy atom. The Bertz CT molecular complexity index is 1020. The van der Waals surface area contributed by atoms with Crippen LogP contribution in [-0.2, 0) is 38.0 Å². The van der Waals surface area contributed by atoms with Crippen molar-refractivity contribution < 1.29 is 38.0 Å². The minimum atomic E-state index is -0.398. The van der Waals surface area contributed by atoms with Gasteiger partial charge in [-0.2, -0.15) is 0 Å². The molecule has 2 aromatic rings. The lowest BCUT2D eigenvalue weighted by molar-refractivity contribution is -0.141. The monoisotopic (exact) mass is 650 g/mol. The first-order valence-electron chi connectivity index (χ1n) is 13.9. The highest BCUT2D eigenvalue weighted by atomic mass is 32.2. The van der Waals surface area contributed by atoms with E-state index < -0.39 is 11.9 Å². The molecular weight excluding hydrogens is 609 g/mol. The van der Waals surface area contributed by atoms with Crippen LogP contribution in [0.5, 0.6) is 0 Å². The first-order chi connectivity index (χ1) is 20.8. The molecule has 0 unspecified atom stereocenters. The molecule has 0 spiro atoms. The van der Waals surface area contributed by atoms with Gasteiger partial charge in [0.2, 0.25) is 0 Å². The topological polar surface area (TPSA) is 89.5 Å². The summed E-state index contributed by atoms with van der Waals surface area (Å²) >= 11 is 5.24. The van der Waals surface area contributed by atoms with E-state index in [1.54, 1.807) is 49.1 Å². The highest BCUT2D eigenvalue weighted by molar-refractivity contribution is 8.00. The summed E-state index contributed by atoms with van der Waals surface area (Å²) in [5.41, 5.74) is 0.765. The maximum absolute atomic E-state index is 11.3. The number of hydrogen-bond acceptors (Lipinski definition) is 11. The van der Waals surface area contributed by atoms with Gasteiger partial charge in [0.25, 0.3) is 0 Å². The van der Waals surface area contributed by atoms with Gasteiger partial charge in [-0.25, -0.2) is 9.59 Å². The lowest BCUT2D eigenvalue weighted by Crippen LogP contribution is -2.13. The first kappa shape index (κ1) is 36.9. The molecule has 43 heavy (non-hydrogen) atoms. The van der Waals surface area contributed by atoms with E-state index in [9.17, 15) is 9.59 Å². The molecule has 0 aromatic heterocycles. The SMILES string of the molecule is C=C(C)C(=O)OCCOCCOCCSc1ccc(Sc2ccc(SCCOCCOCCOC(=O)C(=C)C)cc2)cc1. The predicted octanol–water partition coefficient (Wildman–Crippen LogP) is 6.33. The summed E-state index contributed by atoms with van der Waals surface area (Å²) in [4.78, 5) is 27.3. The molecule has 2 rings (SSSR count). The lowest BCUT2D eigenvalue weighted by atomic mass is 10.4. The quantitative estimate of drug-likeness (QED) is 0.0553. The summed E-state index contributed by atoms with van der Waals surface area (Å²) in [7, 11) is 0. The van der Waals surface area contributed by atoms with Crippen molar-refractivity contribution >= 4 is 47.2 Å². The number of hydrogen-bond donors (Lipinski definition) is 0. The lowest BCUT2D eigenvalue weighted by Gasteiger charge is -2.08. The fraction of sp³-hybridized carbons (Fsp3) is 0.438. The summed E-state index contributed by atoms with van der Waals surface area (Å²) in [5.74, 6) is 0.917. The van der Waals surface area contributed by atoms with Crippen LogP contribution in [-0.4, -0.2) is 89.5 Å². The zero-order valence-corrected chi connectivity index (χ0v) is 27.5. The normalized spacial score (nSPS) is 10.8. The van der Waals surface area contributed by atoms with Gasteiger partial charge in [0, 0.05) is 42.2 Å². The smallest absolute Gasteiger partial charge is 0.333 e. The number of esters is 2. The van der Waals surface area contributed by atoms with Crippen molar-refractivity contribution in [3.8, 4) is 0 Å². The predicted molar refractivity (Wildman–Crippen MR) is 173 cm³/mol. The van der Waals surface area contributed by atoms with E-state index in [0.717, 1.165) is 11.5 Å². The van der Waals surface area contributed by atoms with E-state index in [2.05, 4.69) is 61.7 Å². The zero-order valence-electron chi connectivity index (χ0n) is 25.0. The fourth-order valence-corrected chi connectivity index (χ4v) is 5.41. The van der Waals surface area contributed by atoms with Gasteiger partial charge in [-0.15, -0.1) is 23.5 Å². The minimum Gasteiger partial charge on any atom is -0.460 e. The van der Waals surface area contributed by atoms with E-state index in [1.165, 1.54) is 19.6 Å². The molecule has 8 nitrogen and oxygen atoms in total. The molecule has 0 aliphatic rings. The van der Waals surface area contributed by atoms with Crippen LogP contribution < -0.4 is 0 Å². The average molecular weight is 651 g/mol. The van der Waals surface area contributed by atoms with Gasteiger partial charge < -0.3 is 28.4 Å². The zero-order chi connectivity index (χ0) is 31.1. The third-order valence-electron chi connectivity index (χ3n) is 5.24. The van der Waals surface area contributed by atoms with Crippen molar-refractivity contribution in [3.05, 3.63) is 72.8 Å². The Labute approximate surface area is 268 Å². The molecule has 0 fully saturated rings. The second kappa shape index (κ2) is 23.2. The van der Waals surface area contributed by atoms with Crippen LogP contribution >= 0.6 is 35.3 Å². The molecule has 0 aliphatic heterocycles. The van der Waals surface area contributed by atoms with Gasteiger partial charge in [0.15, 0.2) is 0 Å². The standard InChI is InChI=1S/C32H42O8S3/c1-25(2)31(33)39-19-17-35-13-15-37-21-23-41-27-5-9-29(10-6-27)43-30-11-7-28(8-12-30)42-24-22-38-16-14-36-18-20-40-32(34)26(3)4/h5-12H,1,3,13-24H2,2,4H3. The number of rotatable bonds is 24. The molecule has 0 saturated heterocycles. The minimum absolute atomic E-state index is 0.218. The maximum atomic E-state index is 11.3. The van der Waals surface area contributed by atoms with Crippen molar-refractivity contribution in [2.45, 2.75) is 33.4 Å². The van der Waals surface area contributed by atoms with Crippen LogP contribution in [0.2, 0.25) is 0 Å². The molecular formula is C32H42O8S3. The van der Waals surface area contributed by atoms with Crippen LogP contribution in [0.1, 0.15) is 13.8 Å². The molecule has 0 amide bonds. The maximum Gasteiger partial charge on any atom is 0.333 e. The number of thioether (sulfide) groups is 2. The van der Waals surface area contributed by atoms with Crippen molar-refractivity contribution in [3.63, 3.8) is 0 Å². The van der Waals surface area contributed by atoms with Gasteiger partial charge in [-0.1, -0.05) is 24.9 Å². The van der Waals surface area contributed by atoms with E-state index in [0.29, 0.717) is 64.0 Å². The van der Waals surface area contributed by atoms with Crippen LogP contribution in [0.4, 0.5) is 0 Å². The molecule has 0 heterocycles. The van der Waals surface area contributed by atoms with Gasteiger partial charge in [0.05, 0.1) is 52.9 Å². The molecule has 11 heteroatoms. The Morgan fingerprint density at radius 1 is 0.512 bits per heavy atom. The van der Waals surface area contributed by atoms with E-state index in [1.807, 2.05) is 0 Å². The molecule has 0 radical (unpaired) electrons. The van der Waals surface area contributed by atoms with Gasteiger partial charge >= 0.3 is 11.9 Å². The van der Waals surface area contributed by atoms with Crippen molar-refractivity contribution in [1.29, 1.82) is 0 Å². The molecule has 0 aliphatic carbocycles. The van der Waals surface area contributed by atoms with Gasteiger partial charge in [0.1, 0.15) is 13.2 Å². The summed E-state index contributed by atoms with van der Waals surface area (Å²) in [6.07, 6.45) is 0. The largest absolute Gasteiger partial charge is 0.460 e. The van der Waals surface area contributed by atoms with Crippen LogP contribution in [0.3, 0.4) is 0 Å². The third kappa shape index (κ3) is 18.2. The number of carbonyl (C=O) groups is 2. The van der Waals surface area contributed by atoms with Gasteiger partial charge in [-0.05, 0) is 62.4 Å². The van der Waals surface area contributed by atoms with E-state index in [4.69, 9.17) is 28.4 Å².